The molecule has 0 bridgehead atoms. The third kappa shape index (κ3) is 1.04. The Morgan fingerprint density at radius 2 is 2.33 bits per heavy atom. The van der Waals surface area contributed by atoms with E-state index in [2.05, 4.69) is 9.97 Å². The maximum Gasteiger partial charge on any atom is 0.337 e. The molecular formula is C7H4N2O2S. The normalized spacial score (nSPS) is 10.3. The number of fused-ring (bicyclic) bond motifs is 1. The van der Waals surface area contributed by atoms with E-state index in [4.69, 9.17) is 5.11 Å². The number of aromatic nitrogens is 2. The summed E-state index contributed by atoms with van der Waals surface area (Å²) in [5, 5.41) is 8.63. The Balaban J connectivity index is 2.68. The molecule has 0 aliphatic rings. The molecular weight excluding hydrogens is 176 g/mol. The van der Waals surface area contributed by atoms with Gasteiger partial charge in [-0.05, 0) is 6.07 Å². The summed E-state index contributed by atoms with van der Waals surface area (Å²) in [5.41, 5.74) is 2.44. The van der Waals surface area contributed by atoms with Gasteiger partial charge in [0.1, 0.15) is 0 Å². The molecule has 0 spiro atoms. The fraction of sp³-hybridized carbons (Fsp3) is 0. The fourth-order valence-corrected chi connectivity index (χ4v) is 1.54. The highest BCUT2D eigenvalue weighted by Gasteiger charge is 2.05. The lowest BCUT2D eigenvalue weighted by Crippen LogP contribution is -1.96. The number of thiazole rings is 1. The Bertz CT molecular complexity index is 438. The van der Waals surface area contributed by atoms with Crippen LogP contribution in [0.5, 0.6) is 0 Å². The van der Waals surface area contributed by atoms with Crippen LogP contribution < -0.4 is 0 Å². The zero-order chi connectivity index (χ0) is 8.55. The molecule has 0 fully saturated rings. The minimum absolute atomic E-state index is 0.201. The largest absolute Gasteiger partial charge is 0.478 e. The smallest absolute Gasteiger partial charge is 0.337 e. The first-order chi connectivity index (χ1) is 5.77. The quantitative estimate of drug-likeness (QED) is 0.720. The number of aromatic carboxylic acids is 1. The van der Waals surface area contributed by atoms with E-state index < -0.39 is 5.97 Å². The molecule has 0 radical (unpaired) electrons. The van der Waals surface area contributed by atoms with Crippen molar-refractivity contribution >= 4 is 27.7 Å². The Hall–Kier alpha value is -1.49. The molecule has 0 saturated heterocycles. The van der Waals surface area contributed by atoms with Gasteiger partial charge in [0.25, 0.3) is 0 Å². The summed E-state index contributed by atoms with van der Waals surface area (Å²) in [4.78, 5) is 18.3. The van der Waals surface area contributed by atoms with Crippen molar-refractivity contribution in [2.24, 2.45) is 0 Å². The van der Waals surface area contributed by atoms with Crippen molar-refractivity contribution in [1.82, 2.24) is 9.97 Å². The molecule has 2 aromatic rings. The van der Waals surface area contributed by atoms with Crippen molar-refractivity contribution in [3.8, 4) is 0 Å². The minimum Gasteiger partial charge on any atom is -0.478 e. The topological polar surface area (TPSA) is 63.1 Å². The highest BCUT2D eigenvalue weighted by molar-refractivity contribution is 7.16. The zero-order valence-electron chi connectivity index (χ0n) is 5.89. The second-order valence-electron chi connectivity index (χ2n) is 2.20. The average molecular weight is 180 g/mol. The highest BCUT2D eigenvalue weighted by atomic mass is 32.1. The van der Waals surface area contributed by atoms with Crippen LogP contribution in [-0.2, 0) is 0 Å². The van der Waals surface area contributed by atoms with Gasteiger partial charge in [0.15, 0.2) is 5.65 Å². The van der Waals surface area contributed by atoms with Crippen LogP contribution in [0.3, 0.4) is 0 Å². The number of carbonyl (C=O) groups is 1. The Kier molecular flexibility index (Phi) is 1.51. The molecule has 2 aromatic heterocycles. The van der Waals surface area contributed by atoms with Gasteiger partial charge in [-0.3, -0.25) is 0 Å². The number of carboxylic acids is 1. The molecule has 2 heterocycles. The number of hydrogen-bond donors (Lipinski definition) is 1. The lowest BCUT2D eigenvalue weighted by molar-refractivity contribution is 0.0696. The van der Waals surface area contributed by atoms with Crippen LogP contribution in [0.15, 0.2) is 17.8 Å². The van der Waals surface area contributed by atoms with E-state index in [1.54, 1.807) is 11.6 Å². The minimum atomic E-state index is -0.960. The molecule has 5 heteroatoms. The predicted octanol–water partition coefficient (Wildman–Crippen LogP) is 1.39. The van der Waals surface area contributed by atoms with Crippen molar-refractivity contribution in [3.63, 3.8) is 0 Å². The molecule has 2 rings (SSSR count). The monoisotopic (exact) mass is 180 g/mol. The molecule has 12 heavy (non-hydrogen) atoms. The second kappa shape index (κ2) is 2.53. The first-order valence-electron chi connectivity index (χ1n) is 3.20. The number of hydrogen-bond acceptors (Lipinski definition) is 4. The SMILES string of the molecule is O=C(O)c1cnc2ncsc2c1. The number of pyridine rings is 1. The summed E-state index contributed by atoms with van der Waals surface area (Å²) in [7, 11) is 0. The third-order valence-corrected chi connectivity index (χ3v) is 2.20. The highest BCUT2D eigenvalue weighted by Crippen LogP contribution is 2.16. The van der Waals surface area contributed by atoms with E-state index >= 15 is 0 Å². The molecule has 4 nitrogen and oxygen atoms in total. The molecule has 0 aromatic carbocycles. The number of carboxylic acid groups (broad SMARTS) is 1. The maximum absolute atomic E-state index is 10.5. The van der Waals surface area contributed by atoms with Crippen LogP contribution in [-0.4, -0.2) is 21.0 Å². The van der Waals surface area contributed by atoms with Crippen LogP contribution in [0.2, 0.25) is 0 Å². The van der Waals surface area contributed by atoms with Crippen LogP contribution in [0.4, 0.5) is 0 Å². The molecule has 60 valence electrons. The molecule has 0 unspecified atom stereocenters. The lowest BCUT2D eigenvalue weighted by atomic mass is 10.3. The van der Waals surface area contributed by atoms with E-state index in [1.807, 2.05) is 0 Å². The average Bonchev–Trinajstić information content (AvgIpc) is 2.49. The van der Waals surface area contributed by atoms with E-state index in [9.17, 15) is 4.79 Å². The van der Waals surface area contributed by atoms with Crippen LogP contribution in [0.1, 0.15) is 10.4 Å². The van der Waals surface area contributed by atoms with Gasteiger partial charge in [0.2, 0.25) is 0 Å². The Labute approximate surface area is 71.5 Å². The lowest BCUT2D eigenvalue weighted by Gasteiger charge is -1.91. The summed E-state index contributed by atoms with van der Waals surface area (Å²) in [6.45, 7) is 0. The molecule has 0 aliphatic heterocycles. The number of nitrogens with zero attached hydrogens (tertiary/aromatic N) is 2. The summed E-state index contributed by atoms with van der Waals surface area (Å²) in [6, 6.07) is 1.57. The standard InChI is InChI=1S/C7H4N2O2S/c10-7(11)4-1-5-6(8-2-4)9-3-12-5/h1-3H,(H,10,11). The summed E-state index contributed by atoms with van der Waals surface area (Å²) < 4.78 is 0.801. The molecule has 1 N–H and O–H groups in total. The fourth-order valence-electron chi connectivity index (χ4n) is 0.871. The van der Waals surface area contributed by atoms with Gasteiger partial charge in [-0.2, -0.15) is 0 Å². The van der Waals surface area contributed by atoms with Gasteiger partial charge in [-0.1, -0.05) is 0 Å². The van der Waals surface area contributed by atoms with E-state index in [0.717, 1.165) is 4.70 Å². The van der Waals surface area contributed by atoms with Crippen molar-refractivity contribution in [3.05, 3.63) is 23.3 Å². The van der Waals surface area contributed by atoms with Gasteiger partial charge in [-0.15, -0.1) is 11.3 Å². The van der Waals surface area contributed by atoms with E-state index in [0.29, 0.717) is 5.65 Å². The van der Waals surface area contributed by atoms with E-state index in [-0.39, 0.29) is 5.56 Å². The summed E-state index contributed by atoms with van der Waals surface area (Å²) in [5.74, 6) is -0.960. The van der Waals surface area contributed by atoms with Gasteiger partial charge in [0, 0.05) is 6.20 Å². The summed E-state index contributed by atoms with van der Waals surface area (Å²) in [6.07, 6.45) is 1.31. The molecule has 0 saturated carbocycles. The first-order valence-corrected chi connectivity index (χ1v) is 4.08. The second-order valence-corrected chi connectivity index (χ2v) is 3.09. The van der Waals surface area contributed by atoms with Crippen LogP contribution in [0, 0.1) is 0 Å². The van der Waals surface area contributed by atoms with Gasteiger partial charge in [-0.25, -0.2) is 14.8 Å². The van der Waals surface area contributed by atoms with Gasteiger partial charge in [0.05, 0.1) is 15.8 Å². The van der Waals surface area contributed by atoms with Crippen molar-refractivity contribution in [1.29, 1.82) is 0 Å². The van der Waals surface area contributed by atoms with Gasteiger partial charge >= 0.3 is 5.97 Å². The molecule has 0 amide bonds. The maximum atomic E-state index is 10.5. The Morgan fingerprint density at radius 1 is 1.50 bits per heavy atom. The number of rotatable bonds is 1. The van der Waals surface area contributed by atoms with Crippen molar-refractivity contribution in [2.75, 3.05) is 0 Å². The van der Waals surface area contributed by atoms with Crippen molar-refractivity contribution in [2.45, 2.75) is 0 Å². The van der Waals surface area contributed by atoms with Crippen LogP contribution >= 0.6 is 11.3 Å². The predicted molar refractivity (Wildman–Crippen MR) is 44.4 cm³/mol. The third-order valence-electron chi connectivity index (χ3n) is 1.43. The molecule has 0 atom stereocenters. The zero-order valence-corrected chi connectivity index (χ0v) is 6.71. The first kappa shape index (κ1) is 7.17. The van der Waals surface area contributed by atoms with Gasteiger partial charge < -0.3 is 5.11 Å². The molecule has 0 aliphatic carbocycles. The van der Waals surface area contributed by atoms with Crippen LogP contribution in [0.25, 0.3) is 10.3 Å². The summed E-state index contributed by atoms with van der Waals surface area (Å²) >= 11 is 1.38. The van der Waals surface area contributed by atoms with Crippen molar-refractivity contribution < 1.29 is 9.90 Å². The van der Waals surface area contributed by atoms with E-state index in [1.165, 1.54) is 17.5 Å². The Morgan fingerprint density at radius 3 is 3.08 bits per heavy atom.